The summed E-state index contributed by atoms with van der Waals surface area (Å²) in [7, 11) is 0. The van der Waals surface area contributed by atoms with E-state index in [0.29, 0.717) is 12.3 Å². The molecule has 0 saturated carbocycles. The van der Waals surface area contributed by atoms with E-state index in [1.165, 1.54) is 11.6 Å². The molecule has 4 aromatic rings. The van der Waals surface area contributed by atoms with Crippen molar-refractivity contribution in [3.05, 3.63) is 101 Å². The highest BCUT2D eigenvalue weighted by Crippen LogP contribution is 2.45. The molecular weight excluding hydrogens is 556 g/mol. The second kappa shape index (κ2) is 11.3. The molecular formula is C35H36N4O5. The molecule has 9 nitrogen and oxygen atoms in total. The number of aromatic nitrogens is 1. The summed E-state index contributed by atoms with van der Waals surface area (Å²) in [6, 6.07) is 19.4. The molecule has 226 valence electrons. The minimum Gasteiger partial charge on any atom is -0.480 e. The maximum Gasteiger partial charge on any atom is 0.332 e. The summed E-state index contributed by atoms with van der Waals surface area (Å²) < 4.78 is 0. The van der Waals surface area contributed by atoms with Gasteiger partial charge < -0.3 is 15.4 Å². The Bertz CT molecular complexity index is 1770. The fourth-order valence-corrected chi connectivity index (χ4v) is 6.50. The fraction of sp³-hybridized carbons (Fsp3) is 0.314. The number of rotatable bonds is 8. The van der Waals surface area contributed by atoms with Gasteiger partial charge in [-0.05, 0) is 53.1 Å². The number of aliphatic carboxylic acids is 1. The van der Waals surface area contributed by atoms with Gasteiger partial charge >= 0.3 is 12.0 Å². The second-order valence-corrected chi connectivity index (χ2v) is 12.4. The van der Waals surface area contributed by atoms with Gasteiger partial charge in [-0.3, -0.25) is 14.5 Å². The molecule has 3 heterocycles. The molecule has 1 saturated heterocycles. The fourth-order valence-electron chi connectivity index (χ4n) is 6.50. The van der Waals surface area contributed by atoms with E-state index in [4.69, 9.17) is 0 Å². The first-order chi connectivity index (χ1) is 21.1. The van der Waals surface area contributed by atoms with Crippen LogP contribution < -0.4 is 10.2 Å². The number of amides is 4. The van der Waals surface area contributed by atoms with E-state index in [9.17, 15) is 24.3 Å². The molecule has 0 aliphatic carbocycles. The van der Waals surface area contributed by atoms with Crippen LogP contribution >= 0.6 is 0 Å². The van der Waals surface area contributed by atoms with Crippen LogP contribution in [0.3, 0.4) is 0 Å². The van der Waals surface area contributed by atoms with Gasteiger partial charge in [0.1, 0.15) is 18.1 Å². The topological polar surface area (TPSA) is 123 Å². The van der Waals surface area contributed by atoms with Crippen LogP contribution in [0.25, 0.3) is 10.9 Å². The molecule has 4 amide bonds. The van der Waals surface area contributed by atoms with Crippen molar-refractivity contribution in [3.63, 3.8) is 0 Å². The van der Waals surface area contributed by atoms with Gasteiger partial charge in [0.05, 0.1) is 11.3 Å². The highest BCUT2D eigenvalue weighted by Gasteiger charge is 2.53. The predicted octanol–water partition coefficient (Wildman–Crippen LogP) is 6.00. The summed E-state index contributed by atoms with van der Waals surface area (Å²) in [6.07, 6.45) is 0.564. The van der Waals surface area contributed by atoms with Crippen LogP contribution in [0.2, 0.25) is 0 Å². The highest BCUT2D eigenvalue weighted by atomic mass is 16.4. The van der Waals surface area contributed by atoms with Gasteiger partial charge in [-0.2, -0.15) is 0 Å². The zero-order valence-corrected chi connectivity index (χ0v) is 25.2. The van der Waals surface area contributed by atoms with Crippen molar-refractivity contribution in [2.75, 3.05) is 4.90 Å². The van der Waals surface area contributed by atoms with Crippen LogP contribution in [0, 0.1) is 5.92 Å². The summed E-state index contributed by atoms with van der Waals surface area (Å²) in [5.74, 6) is -1.86. The van der Waals surface area contributed by atoms with E-state index in [-0.39, 0.29) is 23.6 Å². The highest BCUT2D eigenvalue weighted by molar-refractivity contribution is 6.24. The molecule has 2 aliphatic rings. The Kier molecular flexibility index (Phi) is 7.49. The lowest BCUT2D eigenvalue weighted by atomic mass is 9.88. The minimum absolute atomic E-state index is 0.0315. The smallest absolute Gasteiger partial charge is 0.332 e. The second-order valence-electron chi connectivity index (χ2n) is 12.4. The van der Waals surface area contributed by atoms with Crippen molar-refractivity contribution in [3.8, 4) is 0 Å². The Morgan fingerprint density at radius 2 is 1.64 bits per heavy atom. The van der Waals surface area contributed by atoms with Crippen molar-refractivity contribution in [2.24, 2.45) is 5.92 Å². The summed E-state index contributed by atoms with van der Waals surface area (Å²) in [4.78, 5) is 60.2. The van der Waals surface area contributed by atoms with E-state index in [1.54, 1.807) is 23.1 Å². The lowest BCUT2D eigenvalue weighted by molar-refractivity contribution is -0.139. The lowest BCUT2D eigenvalue weighted by Crippen LogP contribution is -2.44. The first kappa shape index (κ1) is 29.2. The van der Waals surface area contributed by atoms with Crippen molar-refractivity contribution in [2.45, 2.75) is 64.6 Å². The number of benzene rings is 3. The molecule has 3 N–H and O–H groups in total. The minimum atomic E-state index is -1.14. The number of H-pyrrole nitrogens is 1. The Morgan fingerprint density at radius 1 is 0.955 bits per heavy atom. The molecule has 3 atom stereocenters. The zero-order valence-electron chi connectivity index (χ0n) is 25.2. The number of fused-ring (bicyclic) bond motifs is 4. The van der Waals surface area contributed by atoms with Crippen molar-refractivity contribution < 1.29 is 24.3 Å². The summed E-state index contributed by atoms with van der Waals surface area (Å²) in [5.41, 5.74) is 5.03. The van der Waals surface area contributed by atoms with Gasteiger partial charge in [-0.1, -0.05) is 82.3 Å². The van der Waals surface area contributed by atoms with Gasteiger partial charge in [0, 0.05) is 23.0 Å². The molecule has 44 heavy (non-hydrogen) atoms. The number of hydrogen-bond donors (Lipinski definition) is 3. The van der Waals surface area contributed by atoms with Crippen molar-refractivity contribution in [1.82, 2.24) is 15.2 Å². The number of carboxylic acid groups (broad SMARTS) is 1. The zero-order chi connectivity index (χ0) is 31.3. The number of nitrogens with zero attached hydrogens (tertiary/aromatic N) is 2. The number of anilines is 1. The third-order valence-corrected chi connectivity index (χ3v) is 8.67. The molecule has 9 heteroatoms. The molecule has 3 unspecified atom stereocenters. The molecule has 0 bridgehead atoms. The van der Waals surface area contributed by atoms with E-state index in [0.717, 1.165) is 32.6 Å². The van der Waals surface area contributed by atoms with Crippen LogP contribution in [0.15, 0.2) is 72.8 Å². The largest absolute Gasteiger partial charge is 0.480 e. The number of urea groups is 1. The maximum atomic E-state index is 14.4. The maximum absolute atomic E-state index is 14.4. The first-order valence-corrected chi connectivity index (χ1v) is 15.0. The molecule has 6 rings (SSSR count). The number of carbonyl (C=O) groups is 4. The molecule has 3 aromatic carbocycles. The van der Waals surface area contributed by atoms with E-state index in [2.05, 4.69) is 36.3 Å². The lowest BCUT2D eigenvalue weighted by Gasteiger charge is -2.36. The van der Waals surface area contributed by atoms with Crippen LogP contribution in [0.5, 0.6) is 0 Å². The van der Waals surface area contributed by atoms with E-state index >= 15 is 0 Å². The number of carboxylic acids is 1. The van der Waals surface area contributed by atoms with Crippen molar-refractivity contribution in [1.29, 1.82) is 0 Å². The Morgan fingerprint density at radius 3 is 2.32 bits per heavy atom. The third-order valence-electron chi connectivity index (χ3n) is 8.67. The van der Waals surface area contributed by atoms with Gasteiger partial charge in [0.15, 0.2) is 0 Å². The first-order valence-electron chi connectivity index (χ1n) is 15.0. The van der Waals surface area contributed by atoms with E-state index < -0.39 is 41.9 Å². The Labute approximate surface area is 255 Å². The van der Waals surface area contributed by atoms with Crippen molar-refractivity contribution >= 4 is 40.4 Å². The monoisotopic (exact) mass is 592 g/mol. The number of nitrogens with one attached hydrogen (secondary N) is 2. The molecule has 2 aliphatic heterocycles. The van der Waals surface area contributed by atoms with E-state index in [1.807, 2.05) is 50.2 Å². The predicted molar refractivity (Wildman–Crippen MR) is 168 cm³/mol. The van der Waals surface area contributed by atoms with Gasteiger partial charge in [0.2, 0.25) is 0 Å². The quantitative estimate of drug-likeness (QED) is 0.217. The standard InChI is InChI=1S/C35H36N4O5/c1-19(2)17-27(34(42)43)37-32(40)24-10-6-8-12-28(24)39-33(41)29-18-25-23-9-5-7-11-26(23)36-30(25)31(38(29)35(39)44)22-15-13-21(14-16-22)20(3)4/h5-16,19-20,27,29,31,36H,17-18H2,1-4H3,(H,37,40)(H,42,43). The van der Waals surface area contributed by atoms with Gasteiger partial charge in [-0.15, -0.1) is 0 Å². The summed E-state index contributed by atoms with van der Waals surface area (Å²) >= 11 is 0. The van der Waals surface area contributed by atoms with Gasteiger partial charge in [-0.25, -0.2) is 14.5 Å². The van der Waals surface area contributed by atoms with Crippen LogP contribution in [0.4, 0.5) is 10.5 Å². The number of aromatic amines is 1. The van der Waals surface area contributed by atoms with Crippen LogP contribution in [0.1, 0.15) is 78.8 Å². The Balaban J connectivity index is 1.42. The average molecular weight is 593 g/mol. The number of hydrogen-bond acceptors (Lipinski definition) is 4. The number of para-hydroxylation sites is 2. The van der Waals surface area contributed by atoms with Gasteiger partial charge in [0.25, 0.3) is 11.8 Å². The SMILES string of the molecule is CC(C)CC(NC(=O)c1ccccc1N1C(=O)C2Cc3c([nH]c4ccccc34)C(c3ccc(C(C)C)cc3)N2C1=O)C(=O)O. The number of carbonyl (C=O) groups excluding carboxylic acids is 3. The summed E-state index contributed by atoms with van der Waals surface area (Å²) in [5, 5.41) is 13.3. The molecule has 0 spiro atoms. The summed E-state index contributed by atoms with van der Waals surface area (Å²) in [6.45, 7) is 7.99. The average Bonchev–Trinajstić information content (AvgIpc) is 3.49. The molecule has 0 radical (unpaired) electrons. The third kappa shape index (κ3) is 4.92. The normalized spacial score (nSPS) is 18.6. The Hall–Kier alpha value is -4.92. The van der Waals surface area contributed by atoms with Crippen LogP contribution in [-0.2, 0) is 16.0 Å². The number of imide groups is 1. The molecule has 1 fully saturated rings. The molecule has 1 aromatic heterocycles. The van der Waals surface area contributed by atoms with Crippen LogP contribution in [-0.4, -0.2) is 50.9 Å².